The second-order valence-electron chi connectivity index (χ2n) is 7.59. The van der Waals surface area contributed by atoms with Crippen molar-refractivity contribution in [3.63, 3.8) is 0 Å². The average molecular weight is 958 g/mol. The van der Waals surface area contributed by atoms with Crippen LogP contribution in [0.2, 0.25) is 0 Å². The minimum Gasteiger partial charge on any atom is -0.508 e. The van der Waals surface area contributed by atoms with Gasteiger partial charge in [-0.3, -0.25) is 9.59 Å². The van der Waals surface area contributed by atoms with E-state index in [4.69, 9.17) is 25.8 Å². The fourth-order valence-corrected chi connectivity index (χ4v) is 5.26. The number of rotatable bonds is 9. The molecule has 0 aliphatic carbocycles. The molecule has 0 saturated heterocycles. The predicted molar refractivity (Wildman–Crippen MR) is 172 cm³/mol. The van der Waals surface area contributed by atoms with Crippen molar-refractivity contribution in [2.75, 3.05) is 0 Å². The van der Waals surface area contributed by atoms with E-state index < -0.39 is 24.0 Å². The minimum atomic E-state index is -1.02. The van der Waals surface area contributed by atoms with Gasteiger partial charge in [-0.2, -0.15) is 0 Å². The number of phenols is 2. The van der Waals surface area contributed by atoms with E-state index in [0.717, 1.165) is 21.8 Å². The van der Waals surface area contributed by atoms with Gasteiger partial charge >= 0.3 is 11.9 Å². The molecule has 9 nitrogen and oxygen atoms in total. The molecule has 0 saturated carbocycles. The molecular formula is C24H22I4N2O7. The molecule has 3 aromatic rings. The van der Waals surface area contributed by atoms with E-state index in [-0.39, 0.29) is 17.9 Å². The predicted octanol–water partition coefficient (Wildman–Crippen LogP) is 5.28. The summed E-state index contributed by atoms with van der Waals surface area (Å²) in [6.07, 6.45) is 0.666. The lowest BCUT2D eigenvalue weighted by Gasteiger charge is -2.14. The summed E-state index contributed by atoms with van der Waals surface area (Å²) in [5, 5.41) is 36.2. The van der Waals surface area contributed by atoms with Gasteiger partial charge in [0.2, 0.25) is 0 Å². The van der Waals surface area contributed by atoms with E-state index in [0.29, 0.717) is 17.9 Å². The van der Waals surface area contributed by atoms with Crippen LogP contribution in [-0.4, -0.2) is 44.4 Å². The molecule has 0 aliphatic rings. The van der Waals surface area contributed by atoms with Crippen molar-refractivity contribution in [3.8, 4) is 23.0 Å². The van der Waals surface area contributed by atoms with E-state index in [1.807, 2.05) is 28.9 Å². The first-order chi connectivity index (χ1) is 17.4. The molecule has 3 aromatic carbocycles. The lowest BCUT2D eigenvalue weighted by molar-refractivity contribution is -0.139. The molecule has 0 aromatic heterocycles. The highest BCUT2D eigenvalue weighted by Crippen LogP contribution is 2.35. The summed E-state index contributed by atoms with van der Waals surface area (Å²) in [6, 6.07) is 13.5. The van der Waals surface area contributed by atoms with Crippen molar-refractivity contribution in [3.05, 3.63) is 76.4 Å². The maximum Gasteiger partial charge on any atom is 0.321 e. The zero-order valence-electron chi connectivity index (χ0n) is 18.9. The van der Waals surface area contributed by atoms with Crippen LogP contribution in [0, 0.1) is 10.7 Å². The summed E-state index contributed by atoms with van der Waals surface area (Å²) < 4.78 is 11.2. The van der Waals surface area contributed by atoms with Crippen molar-refractivity contribution in [2.24, 2.45) is 5.73 Å². The Kier molecular flexibility index (Phi) is 13.4. The average Bonchev–Trinajstić information content (AvgIpc) is 2.85. The second kappa shape index (κ2) is 15.4. The number of nitrogens with one attached hydrogen (secondary N) is 1. The quantitative estimate of drug-likeness (QED) is 0.124. The van der Waals surface area contributed by atoms with Gasteiger partial charge in [0.15, 0.2) is 0 Å². The number of phenolic OH excluding ortho intramolecular Hbond substituents is 2. The Balaban J connectivity index is 0.000000294. The molecule has 2 atom stereocenters. The molecule has 3 rings (SSSR count). The van der Waals surface area contributed by atoms with Crippen LogP contribution in [0.15, 0.2) is 54.6 Å². The number of carbonyl (C=O) groups is 2. The number of hydrogen-bond acceptors (Lipinski definition) is 7. The summed E-state index contributed by atoms with van der Waals surface area (Å²) in [6.45, 7) is 0. The molecular weight excluding hydrogens is 936 g/mol. The molecule has 0 fully saturated rings. The largest absolute Gasteiger partial charge is 0.508 e. The highest BCUT2D eigenvalue weighted by Gasteiger charge is 2.18. The van der Waals surface area contributed by atoms with Crippen molar-refractivity contribution in [1.29, 1.82) is 0 Å². The zero-order valence-corrected chi connectivity index (χ0v) is 27.5. The van der Waals surface area contributed by atoms with Crippen molar-refractivity contribution in [2.45, 2.75) is 24.9 Å². The van der Waals surface area contributed by atoms with E-state index in [1.165, 1.54) is 0 Å². The number of nitrogens with two attached hydrogens (primary N) is 1. The molecule has 0 heterocycles. The van der Waals surface area contributed by atoms with E-state index in [2.05, 4.69) is 71.3 Å². The lowest BCUT2D eigenvalue weighted by atomic mass is 10.1. The number of aromatic hydroxyl groups is 2. The number of hydrogen-bond donors (Lipinski definition) is 6. The van der Waals surface area contributed by atoms with Gasteiger partial charge in [-0.15, -0.1) is 0 Å². The summed E-state index contributed by atoms with van der Waals surface area (Å²) >= 11 is 8.24. The number of carboxylic acids is 2. The molecule has 0 radical (unpaired) electrons. The molecule has 0 bridgehead atoms. The van der Waals surface area contributed by atoms with Crippen LogP contribution < -0.4 is 14.0 Å². The van der Waals surface area contributed by atoms with Crippen LogP contribution in [0.3, 0.4) is 0 Å². The van der Waals surface area contributed by atoms with Crippen molar-refractivity contribution < 1.29 is 34.8 Å². The minimum absolute atomic E-state index is 0.183. The number of benzene rings is 3. The van der Waals surface area contributed by atoms with Gasteiger partial charge in [0.25, 0.3) is 0 Å². The third-order valence-electron chi connectivity index (χ3n) is 4.83. The molecule has 37 heavy (non-hydrogen) atoms. The van der Waals surface area contributed by atoms with Crippen LogP contribution in [0.5, 0.6) is 23.0 Å². The third-order valence-corrected chi connectivity index (χ3v) is 9.76. The van der Waals surface area contributed by atoms with Crippen LogP contribution >= 0.6 is 90.6 Å². The molecule has 2 unspecified atom stereocenters. The van der Waals surface area contributed by atoms with Crippen molar-refractivity contribution >= 4 is 103 Å². The van der Waals surface area contributed by atoms with E-state index in [9.17, 15) is 14.7 Å². The van der Waals surface area contributed by atoms with Crippen LogP contribution in [0.1, 0.15) is 11.1 Å². The van der Waals surface area contributed by atoms with E-state index in [1.54, 1.807) is 48.5 Å². The Hall–Kier alpha value is -1.16. The smallest absolute Gasteiger partial charge is 0.321 e. The number of halogens is 4. The summed E-state index contributed by atoms with van der Waals surface area (Å²) in [5.41, 5.74) is 7.35. The Labute approximate surface area is 268 Å². The first kappa shape index (κ1) is 32.1. The Morgan fingerprint density at radius 3 is 1.97 bits per heavy atom. The van der Waals surface area contributed by atoms with Gasteiger partial charge in [-0.05, 0) is 128 Å². The Morgan fingerprint density at radius 2 is 1.43 bits per heavy atom. The molecule has 0 amide bonds. The standard InChI is InChI=1S/C15H12I3NO4.C9H10INO3/c16-9-6-8(20)2-4-11(9)23-12-3-1-7(13(17)14(12)18)5-10(19)15(21)22;10-11-8(9(13)14)5-6-1-3-7(12)4-2-6/h1-4,6,10,20H,5,19H2,(H,21,22);1-4,8,11-12H,5H2,(H,13,14). The highest BCUT2D eigenvalue weighted by molar-refractivity contribution is 14.1. The summed E-state index contributed by atoms with van der Waals surface area (Å²) in [4.78, 5) is 21.6. The second-order valence-corrected chi connectivity index (χ2v) is 11.5. The molecule has 0 aliphatic heterocycles. The fraction of sp³-hybridized carbons (Fsp3) is 0.167. The summed E-state index contributed by atoms with van der Waals surface area (Å²) in [5.74, 6) is -0.215. The van der Waals surface area contributed by atoms with Gasteiger partial charge < -0.3 is 30.9 Å². The van der Waals surface area contributed by atoms with E-state index >= 15 is 0 Å². The normalized spacial score (nSPS) is 12.1. The maximum atomic E-state index is 10.9. The molecule has 0 spiro atoms. The first-order valence-corrected chi connectivity index (χ1v) is 14.7. The topological polar surface area (TPSA) is 162 Å². The Morgan fingerprint density at radius 1 is 0.838 bits per heavy atom. The SMILES string of the molecule is NC(Cc1ccc(Oc2ccc(O)cc2I)c(I)c1I)C(=O)O.O=C(O)C(Cc1ccc(O)cc1)NI. The zero-order chi connectivity index (χ0) is 27.7. The van der Waals surface area contributed by atoms with Crippen LogP contribution in [0.25, 0.3) is 0 Å². The molecule has 13 heteroatoms. The maximum absolute atomic E-state index is 10.9. The van der Waals surface area contributed by atoms with Crippen LogP contribution in [-0.2, 0) is 22.4 Å². The van der Waals surface area contributed by atoms with Gasteiger partial charge in [-0.25, -0.2) is 3.53 Å². The third kappa shape index (κ3) is 10.2. The number of ether oxygens (including phenoxy) is 1. The lowest BCUT2D eigenvalue weighted by Crippen LogP contribution is -2.32. The monoisotopic (exact) mass is 958 g/mol. The van der Waals surface area contributed by atoms with Crippen LogP contribution in [0.4, 0.5) is 0 Å². The molecule has 7 N–H and O–H groups in total. The molecule has 198 valence electrons. The number of aliphatic carboxylic acids is 2. The highest BCUT2D eigenvalue weighted by atomic mass is 127. The van der Waals surface area contributed by atoms with Gasteiger partial charge in [0.1, 0.15) is 35.1 Å². The summed E-state index contributed by atoms with van der Waals surface area (Å²) in [7, 11) is 0. The number of carboxylic acid groups (broad SMARTS) is 2. The fourth-order valence-electron chi connectivity index (χ4n) is 2.86. The van der Waals surface area contributed by atoms with Gasteiger partial charge in [0, 0.05) is 26.4 Å². The Bertz CT molecular complexity index is 1240. The first-order valence-electron chi connectivity index (χ1n) is 10.4. The van der Waals surface area contributed by atoms with Gasteiger partial charge in [-0.1, -0.05) is 18.2 Å². The van der Waals surface area contributed by atoms with Gasteiger partial charge in [0.05, 0.1) is 7.14 Å². The van der Waals surface area contributed by atoms with Crippen molar-refractivity contribution in [1.82, 2.24) is 3.53 Å².